The van der Waals surface area contributed by atoms with Gasteiger partial charge in [0.25, 0.3) is 5.91 Å². The number of amides is 2. The van der Waals surface area contributed by atoms with Gasteiger partial charge in [0, 0.05) is 29.9 Å². The van der Waals surface area contributed by atoms with Crippen molar-refractivity contribution in [1.29, 1.82) is 0 Å². The molecule has 0 saturated heterocycles. The van der Waals surface area contributed by atoms with Gasteiger partial charge in [0.2, 0.25) is 5.91 Å². The molecule has 162 valence electrons. The van der Waals surface area contributed by atoms with Crippen molar-refractivity contribution in [2.45, 2.75) is 45.2 Å². The van der Waals surface area contributed by atoms with Gasteiger partial charge in [-0.1, -0.05) is 23.2 Å². The van der Waals surface area contributed by atoms with Crippen LogP contribution in [0.5, 0.6) is 0 Å². The summed E-state index contributed by atoms with van der Waals surface area (Å²) in [7, 11) is 0. The third kappa shape index (κ3) is 4.67. The maximum atomic E-state index is 13.2. The average molecular weight is 460 g/mol. The van der Waals surface area contributed by atoms with E-state index in [1.807, 2.05) is 6.92 Å². The number of carbonyl (C=O) groups is 2. The van der Waals surface area contributed by atoms with Crippen LogP contribution in [0.3, 0.4) is 0 Å². The average Bonchev–Trinajstić information content (AvgIpc) is 3.47. The van der Waals surface area contributed by atoms with Crippen LogP contribution in [-0.4, -0.2) is 35.1 Å². The first-order valence-corrected chi connectivity index (χ1v) is 10.9. The number of pyridine rings is 1. The molecule has 0 radical (unpaired) electrons. The molecule has 1 aliphatic carbocycles. The molecule has 2 N–H and O–H groups in total. The fourth-order valence-electron chi connectivity index (χ4n) is 3.67. The zero-order chi connectivity index (χ0) is 22.1. The van der Waals surface area contributed by atoms with Crippen molar-refractivity contribution in [3.05, 3.63) is 51.6 Å². The number of aromatic nitrogens is 1. The van der Waals surface area contributed by atoms with Gasteiger partial charge in [0.05, 0.1) is 16.3 Å². The molecule has 2 amide bonds. The summed E-state index contributed by atoms with van der Waals surface area (Å²) in [6, 6.07) is 6.14. The van der Waals surface area contributed by atoms with Gasteiger partial charge >= 0.3 is 0 Å². The molecule has 7 nitrogen and oxygen atoms in total. The summed E-state index contributed by atoms with van der Waals surface area (Å²) in [6.45, 7) is 3.80. The molecular weight excluding hydrogens is 437 g/mol. The van der Waals surface area contributed by atoms with Crippen LogP contribution in [0.25, 0.3) is 0 Å². The van der Waals surface area contributed by atoms with Crippen molar-refractivity contribution in [2.24, 2.45) is 11.0 Å². The quantitative estimate of drug-likeness (QED) is 0.668. The molecule has 2 unspecified atom stereocenters. The standard InChI is InChI=1S/C22H23Cl2N5O2/c1-12-10-15(23)11-16(21(30)27-13(2)14-5-6-14)19(12)28-22(31)18-7-9-26-29(18)20-17(24)4-3-8-25-20/h3-4,8-11,13-14,18H,5-7H2,1-2H3,(H,27,30)(H,28,31). The number of carbonyl (C=O) groups excluding carboxylic acids is 2. The Bertz CT molecular complexity index is 1050. The van der Waals surface area contributed by atoms with Gasteiger partial charge < -0.3 is 10.6 Å². The highest BCUT2D eigenvalue weighted by Gasteiger charge is 2.33. The minimum Gasteiger partial charge on any atom is -0.349 e. The van der Waals surface area contributed by atoms with E-state index in [1.54, 1.807) is 43.6 Å². The van der Waals surface area contributed by atoms with E-state index in [0.717, 1.165) is 12.8 Å². The zero-order valence-corrected chi connectivity index (χ0v) is 18.7. The number of nitrogens with one attached hydrogen (secondary N) is 2. The lowest BCUT2D eigenvalue weighted by atomic mass is 10.1. The Hall–Kier alpha value is -2.64. The molecular formula is C22H23Cl2N5O2. The summed E-state index contributed by atoms with van der Waals surface area (Å²) < 4.78 is 0. The first-order valence-electron chi connectivity index (χ1n) is 10.2. The van der Waals surface area contributed by atoms with Crippen molar-refractivity contribution in [2.75, 3.05) is 10.3 Å². The Morgan fingerprint density at radius 1 is 1.26 bits per heavy atom. The normalized spacial score (nSPS) is 18.7. The highest BCUT2D eigenvalue weighted by atomic mass is 35.5. The topological polar surface area (TPSA) is 86.7 Å². The van der Waals surface area contributed by atoms with Crippen molar-refractivity contribution < 1.29 is 9.59 Å². The summed E-state index contributed by atoms with van der Waals surface area (Å²) in [5.74, 6) is 0.346. The van der Waals surface area contributed by atoms with E-state index in [2.05, 4.69) is 20.7 Å². The second-order valence-electron chi connectivity index (χ2n) is 7.94. The molecule has 1 fully saturated rings. The van der Waals surface area contributed by atoms with E-state index >= 15 is 0 Å². The zero-order valence-electron chi connectivity index (χ0n) is 17.2. The highest BCUT2D eigenvalue weighted by molar-refractivity contribution is 6.33. The molecule has 2 aromatic rings. The first kappa shape index (κ1) is 21.6. The molecule has 1 aromatic carbocycles. The van der Waals surface area contributed by atoms with Crippen molar-refractivity contribution in [3.63, 3.8) is 0 Å². The SMILES string of the molecule is Cc1cc(Cl)cc(C(=O)NC(C)C2CC2)c1NC(=O)C1CC=NN1c1ncccc1Cl. The van der Waals surface area contributed by atoms with Crippen LogP contribution in [0.15, 0.2) is 35.6 Å². The molecule has 2 heterocycles. The lowest BCUT2D eigenvalue weighted by molar-refractivity contribution is -0.117. The van der Waals surface area contributed by atoms with Gasteiger partial charge in [0.15, 0.2) is 5.82 Å². The minimum atomic E-state index is -0.635. The van der Waals surface area contributed by atoms with E-state index in [4.69, 9.17) is 23.2 Å². The first-order chi connectivity index (χ1) is 14.8. The Kier molecular flexibility index (Phi) is 6.16. The second-order valence-corrected chi connectivity index (χ2v) is 8.78. The number of halogens is 2. The molecule has 2 atom stereocenters. The lowest BCUT2D eigenvalue weighted by Crippen LogP contribution is -2.40. The molecule has 2 aliphatic rings. The van der Waals surface area contributed by atoms with Crippen molar-refractivity contribution in [3.8, 4) is 0 Å². The van der Waals surface area contributed by atoms with Crippen molar-refractivity contribution >= 4 is 52.7 Å². The van der Waals surface area contributed by atoms with Gasteiger partial charge in [-0.3, -0.25) is 9.59 Å². The number of benzene rings is 1. The van der Waals surface area contributed by atoms with Gasteiger partial charge in [-0.2, -0.15) is 5.10 Å². The molecule has 4 rings (SSSR count). The van der Waals surface area contributed by atoms with Crippen LogP contribution in [0.2, 0.25) is 10.0 Å². The number of hydrogen-bond acceptors (Lipinski definition) is 5. The van der Waals surface area contributed by atoms with E-state index in [-0.39, 0.29) is 17.9 Å². The summed E-state index contributed by atoms with van der Waals surface area (Å²) >= 11 is 12.5. The predicted molar refractivity (Wildman–Crippen MR) is 123 cm³/mol. The Labute approximate surface area is 190 Å². The predicted octanol–water partition coefficient (Wildman–Crippen LogP) is 4.43. The summed E-state index contributed by atoms with van der Waals surface area (Å²) in [4.78, 5) is 30.4. The van der Waals surface area contributed by atoms with Crippen LogP contribution >= 0.6 is 23.2 Å². The lowest BCUT2D eigenvalue weighted by Gasteiger charge is -2.24. The fourth-order valence-corrected chi connectivity index (χ4v) is 4.16. The van der Waals surface area contributed by atoms with E-state index in [0.29, 0.717) is 45.0 Å². The Balaban J connectivity index is 1.57. The Morgan fingerprint density at radius 3 is 2.74 bits per heavy atom. The summed E-state index contributed by atoms with van der Waals surface area (Å²) in [5.41, 5.74) is 1.48. The Morgan fingerprint density at radius 2 is 2.03 bits per heavy atom. The molecule has 1 aliphatic heterocycles. The van der Waals surface area contributed by atoms with Crippen LogP contribution < -0.4 is 15.6 Å². The molecule has 31 heavy (non-hydrogen) atoms. The van der Waals surface area contributed by atoms with E-state index < -0.39 is 6.04 Å². The third-order valence-corrected chi connectivity index (χ3v) is 6.08. The second kappa shape index (κ2) is 8.85. The van der Waals surface area contributed by atoms with Crippen LogP contribution in [0, 0.1) is 12.8 Å². The van der Waals surface area contributed by atoms with E-state index in [9.17, 15) is 9.59 Å². The number of aryl methyl sites for hydroxylation is 1. The number of nitrogens with zero attached hydrogens (tertiary/aromatic N) is 3. The minimum absolute atomic E-state index is 0.0698. The van der Waals surface area contributed by atoms with E-state index in [1.165, 1.54) is 5.01 Å². The van der Waals surface area contributed by atoms with Gasteiger partial charge in [0.1, 0.15) is 6.04 Å². The summed E-state index contributed by atoms with van der Waals surface area (Å²) in [6.07, 6.45) is 5.87. The smallest absolute Gasteiger partial charge is 0.253 e. The largest absolute Gasteiger partial charge is 0.349 e. The molecule has 1 aromatic heterocycles. The number of anilines is 2. The molecule has 0 spiro atoms. The maximum absolute atomic E-state index is 13.2. The molecule has 9 heteroatoms. The highest BCUT2D eigenvalue weighted by Crippen LogP contribution is 2.33. The molecule has 1 saturated carbocycles. The number of hydrogen-bond donors (Lipinski definition) is 2. The van der Waals surface area contributed by atoms with Crippen molar-refractivity contribution in [1.82, 2.24) is 10.3 Å². The van der Waals surface area contributed by atoms with Crippen LogP contribution in [0.1, 0.15) is 42.1 Å². The van der Waals surface area contributed by atoms with Gasteiger partial charge in [-0.25, -0.2) is 9.99 Å². The maximum Gasteiger partial charge on any atom is 0.253 e. The molecule has 0 bridgehead atoms. The number of hydrazone groups is 1. The van der Waals surface area contributed by atoms with Crippen LogP contribution in [-0.2, 0) is 4.79 Å². The third-order valence-electron chi connectivity index (χ3n) is 5.57. The number of rotatable bonds is 6. The fraction of sp³-hybridized carbons (Fsp3) is 0.364. The van der Waals surface area contributed by atoms with Gasteiger partial charge in [-0.15, -0.1) is 0 Å². The van der Waals surface area contributed by atoms with Gasteiger partial charge in [-0.05, 0) is 62.4 Å². The van der Waals surface area contributed by atoms with Crippen LogP contribution in [0.4, 0.5) is 11.5 Å². The summed E-state index contributed by atoms with van der Waals surface area (Å²) in [5, 5.41) is 12.5. The monoisotopic (exact) mass is 459 g/mol.